The van der Waals surface area contributed by atoms with Gasteiger partial charge in [-0.2, -0.15) is 0 Å². The Balaban J connectivity index is 0.658. The molecule has 20 rings (SSSR count). The first-order valence-electron chi connectivity index (χ1n) is 50.4. The van der Waals surface area contributed by atoms with E-state index in [0.29, 0.717) is 0 Å². The molecule has 654 valence electrons. The highest BCUT2D eigenvalue weighted by molar-refractivity contribution is 6.11. The van der Waals surface area contributed by atoms with Crippen LogP contribution in [0.15, 0.2) is 249 Å². The van der Waals surface area contributed by atoms with Crippen molar-refractivity contribution in [3.05, 3.63) is 338 Å². The second-order valence-electron chi connectivity index (χ2n) is 42.6. The van der Waals surface area contributed by atoms with Crippen LogP contribution in [0.25, 0.3) is 122 Å². The molecule has 0 bridgehead atoms. The standard InChI is InChI=1S/C128H137N/c1-17-21-25-29-41-65-127(66-42-30-26-22-18-2)108-51-39-36-45-92(108)99-61-55-88(75-116(99)127)86-53-59-95-97-63-57-90(77-112(97)124(11,12)110(95)73-86)103-69-84(7)119(71-82(103)5)129(121-81-118-122(102-49-34-33-48-101(102)121)106-80-114-105(79-115(106)126(118,15)16)94-47-35-38-50-107(94)123(114,9)10)120-72-83(6)104(70-85(120)8)91-58-64-98-96-60-54-87(74-111(96)125(13,14)113(98)78-91)89-56-62-100-93-46-37-40-52-109(93)128(117(100)76-89,67-43-31-27-23-19-3)68-44-32-28-24-20-4/h33-40,45-64,69-81H,17-32,41-44,65-68H2,1-16H3. The molecule has 0 unspecified atom stereocenters. The zero-order chi connectivity index (χ0) is 89.2. The van der Waals surface area contributed by atoms with E-state index in [1.807, 2.05) is 0 Å². The van der Waals surface area contributed by atoms with Crippen LogP contribution in [0.5, 0.6) is 0 Å². The normalized spacial score (nSPS) is 15.5. The van der Waals surface area contributed by atoms with Crippen molar-refractivity contribution in [3.8, 4) is 111 Å². The molecule has 129 heavy (non-hydrogen) atoms. The van der Waals surface area contributed by atoms with E-state index in [0.717, 1.165) is 0 Å². The molecule has 6 aliphatic carbocycles. The quantitative estimate of drug-likeness (QED) is 0.0392. The second-order valence-corrected chi connectivity index (χ2v) is 42.6. The summed E-state index contributed by atoms with van der Waals surface area (Å²) in [5, 5.41) is 2.55. The second kappa shape index (κ2) is 33.8. The van der Waals surface area contributed by atoms with Crippen molar-refractivity contribution in [1.29, 1.82) is 0 Å². The van der Waals surface area contributed by atoms with Gasteiger partial charge in [-0.15, -0.1) is 0 Å². The molecule has 0 atom stereocenters. The molecule has 0 aliphatic heterocycles. The molecular formula is C128H137N. The predicted molar refractivity (Wildman–Crippen MR) is 556 cm³/mol. The van der Waals surface area contributed by atoms with Gasteiger partial charge in [-0.3, -0.25) is 0 Å². The van der Waals surface area contributed by atoms with E-state index >= 15 is 0 Å². The Morgan fingerprint density at radius 2 is 0.481 bits per heavy atom. The minimum atomic E-state index is -0.301. The lowest BCUT2D eigenvalue weighted by atomic mass is 9.70. The first-order chi connectivity index (χ1) is 62.5. The fourth-order valence-corrected chi connectivity index (χ4v) is 25.9. The van der Waals surface area contributed by atoms with Gasteiger partial charge in [0, 0.05) is 49.3 Å². The van der Waals surface area contributed by atoms with Crippen LogP contribution in [0.3, 0.4) is 0 Å². The average Bonchev–Trinajstić information content (AvgIpc) is 1.52. The Bertz CT molecular complexity index is 6420. The number of aryl methyl sites for hydroxylation is 4. The molecule has 6 aliphatic rings. The Hall–Kier alpha value is -10.9. The zero-order valence-electron chi connectivity index (χ0n) is 80.6. The highest BCUT2D eigenvalue weighted by atomic mass is 15.1. The van der Waals surface area contributed by atoms with E-state index in [4.69, 9.17) is 0 Å². The van der Waals surface area contributed by atoms with Crippen molar-refractivity contribution in [3.63, 3.8) is 0 Å². The van der Waals surface area contributed by atoms with Gasteiger partial charge in [0.25, 0.3) is 0 Å². The molecule has 0 saturated heterocycles. The molecule has 0 saturated carbocycles. The topological polar surface area (TPSA) is 3.24 Å². The van der Waals surface area contributed by atoms with E-state index in [2.05, 4.69) is 364 Å². The number of benzene rings is 14. The average molecular weight is 1690 g/mol. The van der Waals surface area contributed by atoms with Crippen molar-refractivity contribution in [1.82, 2.24) is 0 Å². The first kappa shape index (κ1) is 86.2. The summed E-state index contributed by atoms with van der Waals surface area (Å²) in [5.74, 6) is 0. The van der Waals surface area contributed by atoms with Gasteiger partial charge in [-0.1, -0.05) is 381 Å². The van der Waals surface area contributed by atoms with Gasteiger partial charge in [-0.05, 0) is 338 Å². The minimum absolute atomic E-state index is 0.0336. The monoisotopic (exact) mass is 1690 g/mol. The van der Waals surface area contributed by atoms with Crippen LogP contribution in [0.4, 0.5) is 17.1 Å². The molecule has 1 heteroatoms. The molecule has 14 aromatic carbocycles. The fraction of sp³-hybridized carbons (Fsp3) is 0.359. The molecule has 0 aromatic heterocycles. The van der Waals surface area contributed by atoms with Crippen molar-refractivity contribution in [2.24, 2.45) is 0 Å². The predicted octanol–water partition coefficient (Wildman–Crippen LogP) is 37.4. The Labute approximate surface area is 773 Å². The number of rotatable bonds is 31. The molecule has 0 fully saturated rings. The van der Waals surface area contributed by atoms with Gasteiger partial charge in [0.2, 0.25) is 0 Å². The first-order valence-corrected chi connectivity index (χ1v) is 50.4. The molecule has 0 heterocycles. The summed E-state index contributed by atoms with van der Waals surface area (Å²) >= 11 is 0. The molecule has 0 radical (unpaired) electrons. The third kappa shape index (κ3) is 14.2. The van der Waals surface area contributed by atoms with E-state index in [1.165, 1.54) is 360 Å². The Morgan fingerprint density at radius 3 is 0.884 bits per heavy atom. The summed E-state index contributed by atoms with van der Waals surface area (Å²) in [6, 6.07) is 100. The number of nitrogens with zero attached hydrogens (tertiary/aromatic N) is 1. The maximum atomic E-state index is 2.69. The van der Waals surface area contributed by atoms with Gasteiger partial charge in [0.1, 0.15) is 0 Å². The molecular weight excluding hydrogens is 1550 g/mol. The summed E-state index contributed by atoms with van der Waals surface area (Å²) in [4.78, 5) is 2.69. The summed E-state index contributed by atoms with van der Waals surface area (Å²) in [5.41, 5.74) is 52.5. The maximum absolute atomic E-state index is 2.69. The fourth-order valence-electron chi connectivity index (χ4n) is 25.9. The highest BCUT2D eigenvalue weighted by Crippen LogP contribution is 2.63. The van der Waals surface area contributed by atoms with Crippen molar-refractivity contribution >= 4 is 27.8 Å². The van der Waals surface area contributed by atoms with Crippen molar-refractivity contribution < 1.29 is 0 Å². The van der Waals surface area contributed by atoms with Crippen LogP contribution in [0.1, 0.15) is 326 Å². The van der Waals surface area contributed by atoms with Crippen LogP contribution in [0, 0.1) is 27.7 Å². The Kier molecular flexibility index (Phi) is 22.6. The SMILES string of the molecule is CCCCCCCC1(CCCCCCC)c2ccccc2-c2ccc(-c3ccc4c(c3)C(C)(C)c3cc(-c5cc(C)c(N(c6cc(C)c(-c7ccc8c(c7)C(C)(C)c7cc(-c9ccc%10c(c9)C(CCCCCCC)(CCCCCCC)c9ccccc9-%10)ccc7-8)cc6C)c6cc7c(c8ccccc68)-c6cc8c(cc6C7(C)C)-c6ccccc6C8(C)C)cc5C)ccc3-4)cc21. The number of hydrogen-bond donors (Lipinski definition) is 0. The van der Waals surface area contributed by atoms with Gasteiger partial charge in [-0.25, -0.2) is 0 Å². The Morgan fingerprint density at radius 1 is 0.194 bits per heavy atom. The number of anilines is 3. The van der Waals surface area contributed by atoms with E-state index in [1.54, 1.807) is 22.3 Å². The van der Waals surface area contributed by atoms with Crippen LogP contribution in [0.2, 0.25) is 0 Å². The third-order valence-corrected chi connectivity index (χ3v) is 33.2. The summed E-state index contributed by atoms with van der Waals surface area (Å²) < 4.78 is 0. The van der Waals surface area contributed by atoms with Gasteiger partial charge in [0.05, 0.1) is 5.69 Å². The lowest BCUT2D eigenvalue weighted by Gasteiger charge is -2.33. The minimum Gasteiger partial charge on any atom is -0.309 e. The third-order valence-electron chi connectivity index (χ3n) is 33.2. The van der Waals surface area contributed by atoms with E-state index in [9.17, 15) is 0 Å². The lowest BCUT2D eigenvalue weighted by Crippen LogP contribution is -2.25. The van der Waals surface area contributed by atoms with Crippen molar-refractivity contribution in [2.45, 2.75) is 297 Å². The van der Waals surface area contributed by atoms with Crippen LogP contribution in [-0.4, -0.2) is 0 Å². The molecule has 0 N–H and O–H groups in total. The molecule has 0 spiro atoms. The summed E-state index contributed by atoms with van der Waals surface area (Å²) in [6.45, 7) is 38.7. The van der Waals surface area contributed by atoms with Crippen LogP contribution in [-0.2, 0) is 32.5 Å². The molecule has 0 amide bonds. The van der Waals surface area contributed by atoms with E-state index < -0.39 is 0 Å². The number of unbranched alkanes of at least 4 members (excludes halogenated alkanes) is 16. The molecule has 14 aromatic rings. The maximum Gasteiger partial charge on any atom is 0.0543 e. The zero-order valence-corrected chi connectivity index (χ0v) is 80.6. The summed E-state index contributed by atoms with van der Waals surface area (Å²) in [7, 11) is 0. The van der Waals surface area contributed by atoms with Gasteiger partial charge < -0.3 is 4.90 Å². The highest BCUT2D eigenvalue weighted by Gasteiger charge is 2.48. The van der Waals surface area contributed by atoms with Crippen LogP contribution >= 0.6 is 0 Å². The largest absolute Gasteiger partial charge is 0.309 e. The molecule has 1 nitrogen and oxygen atoms in total. The summed E-state index contributed by atoms with van der Waals surface area (Å²) in [6.07, 6.45) is 31.0. The number of fused-ring (bicyclic) bond motifs is 20. The smallest absolute Gasteiger partial charge is 0.0543 e. The van der Waals surface area contributed by atoms with E-state index in [-0.39, 0.29) is 32.5 Å². The number of hydrogen-bond acceptors (Lipinski definition) is 1. The van der Waals surface area contributed by atoms with Gasteiger partial charge in [0.15, 0.2) is 0 Å². The van der Waals surface area contributed by atoms with Crippen molar-refractivity contribution in [2.75, 3.05) is 4.90 Å². The van der Waals surface area contributed by atoms with Crippen LogP contribution < -0.4 is 4.90 Å². The lowest BCUT2D eigenvalue weighted by molar-refractivity contribution is 0.399. The van der Waals surface area contributed by atoms with Gasteiger partial charge >= 0.3 is 0 Å².